The maximum atomic E-state index is 11.0. The van der Waals surface area contributed by atoms with E-state index in [1.807, 2.05) is 24.3 Å². The largest absolute Gasteiger partial charge is 0.458 e. The molecule has 2 aromatic heterocycles. The molecule has 26 heavy (non-hydrogen) atoms. The summed E-state index contributed by atoms with van der Waals surface area (Å²) >= 11 is 0. The predicted molar refractivity (Wildman–Crippen MR) is 98.9 cm³/mol. The maximum Gasteiger partial charge on any atom is 0.333 e. The molecule has 0 saturated heterocycles. The van der Waals surface area contributed by atoms with Crippen LogP contribution in [0.25, 0.3) is 22.5 Å². The summed E-state index contributed by atoms with van der Waals surface area (Å²) in [5.41, 5.74) is 0.677. The zero-order chi connectivity index (χ0) is 18.4. The van der Waals surface area contributed by atoms with Crippen LogP contribution in [-0.4, -0.2) is 12.8 Å². The Hall–Kier alpha value is -2.95. The molecule has 0 aliphatic rings. The van der Waals surface area contributed by atoms with Crippen LogP contribution in [-0.2, 0) is 16.0 Å². The van der Waals surface area contributed by atoms with E-state index >= 15 is 0 Å². The van der Waals surface area contributed by atoms with Crippen LogP contribution < -0.4 is 4.74 Å². The third-order valence-electron chi connectivity index (χ3n) is 4.02. The number of benzene rings is 1. The van der Waals surface area contributed by atoms with Gasteiger partial charge in [-0.25, -0.2) is 4.79 Å². The van der Waals surface area contributed by atoms with E-state index in [-0.39, 0.29) is 6.79 Å². The van der Waals surface area contributed by atoms with Gasteiger partial charge in [-0.05, 0) is 36.8 Å². The van der Waals surface area contributed by atoms with Crippen molar-refractivity contribution in [3.8, 4) is 17.3 Å². The molecule has 136 valence electrons. The van der Waals surface area contributed by atoms with Gasteiger partial charge in [0.2, 0.25) is 6.79 Å². The third kappa shape index (κ3) is 4.36. The molecule has 0 fully saturated rings. The van der Waals surface area contributed by atoms with Crippen molar-refractivity contribution in [1.29, 1.82) is 0 Å². The molecule has 0 N–H and O–H groups in total. The van der Waals surface area contributed by atoms with Gasteiger partial charge in [0, 0.05) is 23.9 Å². The highest BCUT2D eigenvalue weighted by molar-refractivity contribution is 5.83. The summed E-state index contributed by atoms with van der Waals surface area (Å²) in [6.45, 7) is 5.33. The Morgan fingerprint density at radius 3 is 2.81 bits per heavy atom. The van der Waals surface area contributed by atoms with Gasteiger partial charge >= 0.3 is 5.97 Å². The van der Waals surface area contributed by atoms with E-state index in [9.17, 15) is 4.79 Å². The lowest BCUT2D eigenvalue weighted by Gasteiger charge is -2.05. The molecule has 3 rings (SSSR count). The number of carbonyl (C=O) groups excluding carboxylic acids is 1. The zero-order valence-corrected chi connectivity index (χ0v) is 14.8. The van der Waals surface area contributed by atoms with Crippen LogP contribution in [0.2, 0.25) is 0 Å². The minimum absolute atomic E-state index is 0.177. The van der Waals surface area contributed by atoms with Crippen LogP contribution in [0.1, 0.15) is 31.9 Å². The lowest BCUT2D eigenvalue weighted by atomic mass is 10.2. The molecule has 0 amide bonds. The van der Waals surface area contributed by atoms with Crippen molar-refractivity contribution >= 4 is 16.9 Å². The monoisotopic (exact) mass is 354 g/mol. The van der Waals surface area contributed by atoms with Gasteiger partial charge in [-0.3, -0.25) is 0 Å². The zero-order valence-electron chi connectivity index (χ0n) is 14.8. The van der Waals surface area contributed by atoms with Crippen molar-refractivity contribution in [1.82, 2.24) is 0 Å². The minimum atomic E-state index is -0.529. The van der Waals surface area contributed by atoms with Crippen molar-refractivity contribution < 1.29 is 23.1 Å². The molecular weight excluding hydrogens is 332 g/mol. The molecule has 0 aliphatic heterocycles. The summed E-state index contributed by atoms with van der Waals surface area (Å²) in [5, 5.41) is 0.944. The van der Waals surface area contributed by atoms with E-state index in [0.29, 0.717) is 17.1 Å². The van der Waals surface area contributed by atoms with Crippen LogP contribution in [0, 0.1) is 0 Å². The smallest absolute Gasteiger partial charge is 0.333 e. The maximum absolute atomic E-state index is 11.0. The predicted octanol–water partition coefficient (Wildman–Crippen LogP) is 5.49. The molecule has 0 unspecified atom stereocenters. The van der Waals surface area contributed by atoms with Crippen molar-refractivity contribution in [3.63, 3.8) is 0 Å². The minimum Gasteiger partial charge on any atom is -0.458 e. The second-order valence-corrected chi connectivity index (χ2v) is 5.96. The number of ether oxygens (including phenoxy) is 2. The molecule has 3 aromatic rings. The number of furan rings is 2. The molecule has 0 atom stereocenters. The van der Waals surface area contributed by atoms with E-state index in [0.717, 1.165) is 35.8 Å². The topological polar surface area (TPSA) is 61.8 Å². The van der Waals surface area contributed by atoms with Crippen LogP contribution in [0.3, 0.4) is 0 Å². The van der Waals surface area contributed by atoms with E-state index in [1.165, 1.54) is 12.8 Å². The molecule has 0 radical (unpaired) electrons. The first-order valence-corrected chi connectivity index (χ1v) is 8.74. The van der Waals surface area contributed by atoms with Gasteiger partial charge in [0.15, 0.2) is 11.5 Å². The molecule has 5 heteroatoms. The van der Waals surface area contributed by atoms with E-state index in [2.05, 4.69) is 13.5 Å². The van der Waals surface area contributed by atoms with Gasteiger partial charge in [-0.15, -0.1) is 0 Å². The van der Waals surface area contributed by atoms with Gasteiger partial charge in [-0.2, -0.15) is 0 Å². The van der Waals surface area contributed by atoms with E-state index in [1.54, 1.807) is 12.1 Å². The van der Waals surface area contributed by atoms with Crippen molar-refractivity contribution in [2.24, 2.45) is 0 Å². The SMILES string of the molecule is C=CC(=O)OCOc1ccc2cc(-c3ccc(CCCCC)o3)oc2c1. The van der Waals surface area contributed by atoms with Crippen molar-refractivity contribution in [2.75, 3.05) is 6.79 Å². The summed E-state index contributed by atoms with van der Waals surface area (Å²) in [4.78, 5) is 11.0. The lowest BCUT2D eigenvalue weighted by Crippen LogP contribution is -2.07. The van der Waals surface area contributed by atoms with Crippen LogP contribution in [0.5, 0.6) is 5.75 Å². The summed E-state index contributed by atoms with van der Waals surface area (Å²) in [7, 11) is 0. The lowest BCUT2D eigenvalue weighted by molar-refractivity contribution is -0.144. The molecule has 0 bridgehead atoms. The quantitative estimate of drug-likeness (QED) is 0.220. The van der Waals surface area contributed by atoms with Gasteiger partial charge in [-0.1, -0.05) is 26.3 Å². The standard InChI is InChI=1S/C21H22O5/c1-3-5-6-7-16-10-11-18(25-16)20-12-15-8-9-17(13-19(15)26-20)23-14-24-21(22)4-2/h4,8-13H,2-3,5-7,14H2,1H3. The second-order valence-electron chi connectivity index (χ2n) is 5.96. The first kappa shape index (κ1) is 17.9. The van der Waals surface area contributed by atoms with Crippen molar-refractivity contribution in [2.45, 2.75) is 32.6 Å². The Balaban J connectivity index is 1.69. The van der Waals surface area contributed by atoms with Gasteiger partial charge in [0.05, 0.1) is 0 Å². The molecular formula is C21H22O5. The Morgan fingerprint density at radius 1 is 1.12 bits per heavy atom. The fraction of sp³-hybridized carbons (Fsp3) is 0.286. The number of rotatable bonds is 9. The first-order valence-electron chi connectivity index (χ1n) is 8.74. The Bertz CT molecular complexity index is 887. The van der Waals surface area contributed by atoms with Crippen molar-refractivity contribution in [3.05, 3.63) is 54.8 Å². The third-order valence-corrected chi connectivity index (χ3v) is 4.02. The number of carbonyl (C=O) groups is 1. The summed E-state index contributed by atoms with van der Waals surface area (Å²) in [5.74, 6) is 2.39. The highest BCUT2D eigenvalue weighted by Gasteiger charge is 2.11. The number of esters is 1. The number of hydrogen-bond donors (Lipinski definition) is 0. The van der Waals surface area contributed by atoms with Gasteiger partial charge in [0.1, 0.15) is 17.1 Å². The highest BCUT2D eigenvalue weighted by atomic mass is 16.7. The number of hydrogen-bond acceptors (Lipinski definition) is 5. The van der Waals surface area contributed by atoms with Gasteiger partial charge in [0.25, 0.3) is 0 Å². The van der Waals surface area contributed by atoms with Crippen LogP contribution in [0.4, 0.5) is 0 Å². The fourth-order valence-electron chi connectivity index (χ4n) is 2.63. The number of aryl methyl sites for hydroxylation is 1. The first-order chi connectivity index (χ1) is 12.7. The van der Waals surface area contributed by atoms with E-state index in [4.69, 9.17) is 18.3 Å². The molecule has 5 nitrogen and oxygen atoms in total. The summed E-state index contributed by atoms with van der Waals surface area (Å²) in [6.07, 6.45) is 5.54. The summed E-state index contributed by atoms with van der Waals surface area (Å²) in [6, 6.07) is 11.3. The molecule has 0 spiro atoms. The normalized spacial score (nSPS) is 10.8. The van der Waals surface area contributed by atoms with Crippen LogP contribution >= 0.6 is 0 Å². The Morgan fingerprint density at radius 2 is 2.00 bits per heavy atom. The second kappa shape index (κ2) is 8.43. The summed E-state index contributed by atoms with van der Waals surface area (Å²) < 4.78 is 22.0. The highest BCUT2D eigenvalue weighted by Crippen LogP contribution is 2.31. The molecule has 0 aliphatic carbocycles. The molecule has 1 aromatic carbocycles. The molecule has 2 heterocycles. The van der Waals surface area contributed by atoms with E-state index < -0.39 is 5.97 Å². The Labute approximate surface area is 152 Å². The molecule has 0 saturated carbocycles. The fourth-order valence-corrected chi connectivity index (χ4v) is 2.63. The number of fused-ring (bicyclic) bond motifs is 1. The van der Waals surface area contributed by atoms with Gasteiger partial charge < -0.3 is 18.3 Å². The average Bonchev–Trinajstić information content (AvgIpc) is 3.28. The number of unbranched alkanes of at least 4 members (excludes halogenated alkanes) is 2. The average molecular weight is 354 g/mol. The Kier molecular flexibility index (Phi) is 5.79. The van der Waals surface area contributed by atoms with Crippen LogP contribution in [0.15, 0.2) is 57.9 Å².